The first kappa shape index (κ1) is 9.85. The quantitative estimate of drug-likeness (QED) is 0.764. The monoisotopic (exact) mass is 207 g/mol. The van der Waals surface area contributed by atoms with Crippen molar-refractivity contribution in [2.45, 2.75) is 26.6 Å². The first-order valence-corrected chi connectivity index (χ1v) is 4.77. The Labute approximate surface area is 87.2 Å². The molecule has 80 valence electrons. The lowest BCUT2D eigenvalue weighted by molar-refractivity contribution is 0.276. The molecule has 6 nitrogen and oxygen atoms in total. The Bertz CT molecular complexity index is 433. The number of aromatic nitrogens is 5. The molecule has 0 unspecified atom stereocenters. The van der Waals surface area contributed by atoms with Crippen LogP contribution in [0.3, 0.4) is 0 Å². The van der Waals surface area contributed by atoms with Crippen molar-refractivity contribution in [2.75, 3.05) is 0 Å². The number of imidazole rings is 1. The van der Waals surface area contributed by atoms with Crippen LogP contribution < -0.4 is 0 Å². The van der Waals surface area contributed by atoms with Gasteiger partial charge in [0, 0.05) is 18.9 Å². The number of aliphatic hydroxyl groups excluding tert-OH is 1. The Hall–Kier alpha value is -1.69. The van der Waals surface area contributed by atoms with Crippen molar-refractivity contribution >= 4 is 0 Å². The Morgan fingerprint density at radius 2 is 2.27 bits per heavy atom. The maximum absolute atomic E-state index is 8.82. The molecule has 0 saturated carbocycles. The van der Waals surface area contributed by atoms with Crippen LogP contribution in [0.2, 0.25) is 0 Å². The van der Waals surface area contributed by atoms with Gasteiger partial charge in [-0.1, -0.05) is 5.21 Å². The molecule has 2 aromatic heterocycles. The summed E-state index contributed by atoms with van der Waals surface area (Å²) in [4.78, 5) is 4.13. The van der Waals surface area contributed by atoms with Gasteiger partial charge >= 0.3 is 0 Å². The highest BCUT2D eigenvalue weighted by molar-refractivity contribution is 4.90. The summed E-state index contributed by atoms with van der Waals surface area (Å²) >= 11 is 0. The van der Waals surface area contributed by atoms with Crippen LogP contribution in [0.1, 0.15) is 11.5 Å². The topological polar surface area (TPSA) is 68.8 Å². The minimum absolute atomic E-state index is 0.0654. The van der Waals surface area contributed by atoms with E-state index in [1.54, 1.807) is 17.1 Å². The van der Waals surface area contributed by atoms with Crippen molar-refractivity contribution in [2.24, 2.45) is 0 Å². The lowest BCUT2D eigenvalue weighted by Gasteiger charge is -2.03. The van der Waals surface area contributed by atoms with Gasteiger partial charge in [-0.05, 0) is 6.92 Å². The molecule has 0 aromatic carbocycles. The highest BCUT2D eigenvalue weighted by Gasteiger charge is 2.00. The van der Waals surface area contributed by atoms with Gasteiger partial charge in [-0.2, -0.15) is 0 Å². The molecule has 1 N–H and O–H groups in total. The molecular formula is C9H13N5O. The van der Waals surface area contributed by atoms with Gasteiger partial charge < -0.3 is 9.67 Å². The summed E-state index contributed by atoms with van der Waals surface area (Å²) in [5.41, 5.74) is 0.595. The van der Waals surface area contributed by atoms with Gasteiger partial charge in [0.15, 0.2) is 0 Å². The summed E-state index contributed by atoms with van der Waals surface area (Å²) < 4.78 is 3.76. The molecule has 2 rings (SSSR count). The minimum atomic E-state index is -0.0654. The third-order valence-electron chi connectivity index (χ3n) is 2.24. The van der Waals surface area contributed by atoms with E-state index in [1.165, 1.54) is 0 Å². The summed E-state index contributed by atoms with van der Waals surface area (Å²) in [5, 5.41) is 16.5. The van der Waals surface area contributed by atoms with E-state index < -0.39 is 0 Å². The molecule has 0 amide bonds. The molecule has 0 bridgehead atoms. The molecule has 0 saturated heterocycles. The summed E-state index contributed by atoms with van der Waals surface area (Å²) in [5.74, 6) is 0.984. The van der Waals surface area contributed by atoms with E-state index in [4.69, 9.17) is 5.11 Å². The van der Waals surface area contributed by atoms with E-state index in [1.807, 2.05) is 17.7 Å². The van der Waals surface area contributed by atoms with E-state index in [9.17, 15) is 0 Å². The molecule has 0 spiro atoms. The Kier molecular flexibility index (Phi) is 2.77. The van der Waals surface area contributed by atoms with Gasteiger partial charge in [0.1, 0.15) is 11.5 Å². The van der Waals surface area contributed by atoms with Crippen LogP contribution in [0.4, 0.5) is 0 Å². The number of rotatable bonds is 4. The lowest BCUT2D eigenvalue weighted by Crippen LogP contribution is -2.08. The van der Waals surface area contributed by atoms with E-state index in [0.717, 1.165) is 18.9 Å². The molecular weight excluding hydrogens is 194 g/mol. The van der Waals surface area contributed by atoms with Gasteiger partial charge in [-0.25, -0.2) is 4.98 Å². The SMILES string of the molecule is Cc1nccn1CCn1cc(CO)nn1. The minimum Gasteiger partial charge on any atom is -0.390 e. The van der Waals surface area contributed by atoms with Gasteiger partial charge in [0.2, 0.25) is 0 Å². The first-order chi connectivity index (χ1) is 7.29. The highest BCUT2D eigenvalue weighted by atomic mass is 16.3. The molecule has 0 fully saturated rings. The predicted octanol–water partition coefficient (Wildman–Crippen LogP) is -0.0245. The van der Waals surface area contributed by atoms with Crippen molar-refractivity contribution in [3.05, 3.63) is 30.1 Å². The van der Waals surface area contributed by atoms with Crippen LogP contribution in [0, 0.1) is 6.92 Å². The number of hydrogen-bond acceptors (Lipinski definition) is 4. The molecule has 15 heavy (non-hydrogen) atoms. The van der Waals surface area contributed by atoms with Gasteiger partial charge in [0.05, 0.1) is 19.3 Å². The number of aliphatic hydroxyl groups is 1. The third kappa shape index (κ3) is 2.21. The fourth-order valence-corrected chi connectivity index (χ4v) is 1.37. The fourth-order valence-electron chi connectivity index (χ4n) is 1.37. The first-order valence-electron chi connectivity index (χ1n) is 4.77. The van der Waals surface area contributed by atoms with E-state index in [0.29, 0.717) is 5.69 Å². The van der Waals surface area contributed by atoms with E-state index >= 15 is 0 Å². The maximum atomic E-state index is 8.82. The largest absolute Gasteiger partial charge is 0.390 e. The Morgan fingerprint density at radius 3 is 2.87 bits per heavy atom. The van der Waals surface area contributed by atoms with Crippen molar-refractivity contribution in [1.29, 1.82) is 0 Å². The average molecular weight is 207 g/mol. The van der Waals surface area contributed by atoms with Crippen LogP contribution in [0.5, 0.6) is 0 Å². The summed E-state index contributed by atoms with van der Waals surface area (Å²) in [6.07, 6.45) is 5.45. The molecule has 0 atom stereocenters. The second kappa shape index (κ2) is 4.22. The molecule has 6 heteroatoms. The van der Waals surface area contributed by atoms with Gasteiger partial charge in [0.25, 0.3) is 0 Å². The van der Waals surface area contributed by atoms with Crippen LogP contribution in [0.25, 0.3) is 0 Å². The van der Waals surface area contributed by atoms with Crippen molar-refractivity contribution in [3.8, 4) is 0 Å². The second-order valence-corrected chi connectivity index (χ2v) is 3.30. The van der Waals surface area contributed by atoms with Crippen LogP contribution in [-0.2, 0) is 19.7 Å². The summed E-state index contributed by atoms with van der Waals surface area (Å²) in [6, 6.07) is 0. The number of nitrogens with zero attached hydrogens (tertiary/aromatic N) is 5. The molecule has 2 aromatic rings. The predicted molar refractivity (Wildman–Crippen MR) is 52.9 cm³/mol. The van der Waals surface area contributed by atoms with Gasteiger partial charge in [-0.15, -0.1) is 5.10 Å². The van der Waals surface area contributed by atoms with E-state index in [-0.39, 0.29) is 6.61 Å². The standard InChI is InChI=1S/C9H13N5O/c1-8-10-2-3-13(8)4-5-14-6-9(7-15)11-12-14/h2-3,6,15H,4-5,7H2,1H3. The van der Waals surface area contributed by atoms with Gasteiger partial charge in [-0.3, -0.25) is 4.68 Å². The van der Waals surface area contributed by atoms with Crippen molar-refractivity contribution in [3.63, 3.8) is 0 Å². The molecule has 2 heterocycles. The normalized spacial score (nSPS) is 10.8. The number of hydrogen-bond donors (Lipinski definition) is 1. The Morgan fingerprint density at radius 1 is 1.40 bits per heavy atom. The van der Waals surface area contributed by atoms with Crippen LogP contribution in [-0.4, -0.2) is 29.7 Å². The van der Waals surface area contributed by atoms with Crippen LogP contribution >= 0.6 is 0 Å². The summed E-state index contributed by atoms with van der Waals surface area (Å²) in [6.45, 7) is 3.43. The number of aryl methyl sites for hydroxylation is 3. The van der Waals surface area contributed by atoms with Crippen molar-refractivity contribution < 1.29 is 5.11 Å². The summed E-state index contributed by atoms with van der Waals surface area (Å²) in [7, 11) is 0. The molecule has 0 aliphatic rings. The molecule has 0 aliphatic carbocycles. The Balaban J connectivity index is 1.96. The third-order valence-corrected chi connectivity index (χ3v) is 2.24. The zero-order valence-corrected chi connectivity index (χ0v) is 8.54. The smallest absolute Gasteiger partial charge is 0.108 e. The maximum Gasteiger partial charge on any atom is 0.108 e. The highest BCUT2D eigenvalue weighted by Crippen LogP contribution is 1.97. The zero-order valence-electron chi connectivity index (χ0n) is 8.54. The average Bonchev–Trinajstić information content (AvgIpc) is 2.84. The van der Waals surface area contributed by atoms with Crippen molar-refractivity contribution in [1.82, 2.24) is 24.5 Å². The zero-order chi connectivity index (χ0) is 10.7. The fraction of sp³-hybridized carbons (Fsp3) is 0.444. The second-order valence-electron chi connectivity index (χ2n) is 3.30. The molecule has 0 radical (unpaired) electrons. The lowest BCUT2D eigenvalue weighted by atomic mass is 10.5. The van der Waals surface area contributed by atoms with Crippen LogP contribution in [0.15, 0.2) is 18.6 Å². The van der Waals surface area contributed by atoms with E-state index in [2.05, 4.69) is 15.3 Å². The molecule has 0 aliphatic heterocycles.